The van der Waals surface area contributed by atoms with Gasteiger partial charge in [-0.05, 0) is 30.7 Å². The van der Waals surface area contributed by atoms with Gasteiger partial charge in [0, 0.05) is 37.7 Å². The number of hydrogen-bond donors (Lipinski definition) is 3. The van der Waals surface area contributed by atoms with E-state index in [0.717, 1.165) is 12.8 Å². The fourth-order valence-electron chi connectivity index (χ4n) is 3.66. The number of methoxy groups -OCH3 is 2. The maximum Gasteiger partial charge on any atom is 0.224 e. The van der Waals surface area contributed by atoms with Crippen LogP contribution in [0.1, 0.15) is 58.3 Å². The van der Waals surface area contributed by atoms with Crippen LogP contribution in [0.5, 0.6) is 23.0 Å². The van der Waals surface area contributed by atoms with E-state index < -0.39 is 6.29 Å². The lowest BCUT2D eigenvalue weighted by Gasteiger charge is -2.17. The molecular weight excluding hydrogens is 460 g/mol. The molecule has 2 aromatic carbocycles. The van der Waals surface area contributed by atoms with Gasteiger partial charge in [-0.3, -0.25) is 4.79 Å². The van der Waals surface area contributed by atoms with Crippen molar-refractivity contribution in [3.63, 3.8) is 0 Å². The molecule has 36 heavy (non-hydrogen) atoms. The van der Waals surface area contributed by atoms with E-state index >= 15 is 0 Å². The summed E-state index contributed by atoms with van der Waals surface area (Å²) in [6.07, 6.45) is 6.73. The molecule has 0 aliphatic carbocycles. The lowest BCUT2D eigenvalue weighted by Crippen LogP contribution is -2.27. The number of amides is 1. The topological polar surface area (TPSA) is 98.3 Å². The molecule has 0 fully saturated rings. The van der Waals surface area contributed by atoms with E-state index in [4.69, 9.17) is 18.9 Å². The van der Waals surface area contributed by atoms with Crippen LogP contribution >= 0.6 is 0 Å². The molecule has 0 spiro atoms. The quantitative estimate of drug-likeness (QED) is 0.181. The van der Waals surface area contributed by atoms with Gasteiger partial charge in [0.25, 0.3) is 0 Å². The smallest absolute Gasteiger partial charge is 0.224 e. The van der Waals surface area contributed by atoms with E-state index in [-0.39, 0.29) is 5.91 Å². The highest BCUT2D eigenvalue weighted by molar-refractivity contribution is 5.91. The van der Waals surface area contributed by atoms with Gasteiger partial charge >= 0.3 is 0 Å². The van der Waals surface area contributed by atoms with Crippen molar-refractivity contribution in [2.45, 2.75) is 64.6 Å². The minimum atomic E-state index is -1.00. The Morgan fingerprint density at radius 1 is 0.889 bits per heavy atom. The van der Waals surface area contributed by atoms with Crippen LogP contribution in [0.15, 0.2) is 42.5 Å². The fraction of sp³-hybridized carbons (Fsp3) is 0.536. The second-order valence-electron chi connectivity index (χ2n) is 8.54. The van der Waals surface area contributed by atoms with Gasteiger partial charge in [0.15, 0.2) is 29.3 Å². The van der Waals surface area contributed by atoms with Crippen LogP contribution in [-0.2, 0) is 4.79 Å². The third-order valence-corrected chi connectivity index (χ3v) is 5.64. The van der Waals surface area contributed by atoms with Gasteiger partial charge in [0.1, 0.15) is 6.61 Å². The summed E-state index contributed by atoms with van der Waals surface area (Å²) < 4.78 is 22.0. The molecule has 8 heteroatoms. The monoisotopic (exact) mass is 502 g/mol. The number of unbranched alkanes of at least 4 members (excludes halogenated alkanes) is 5. The lowest BCUT2D eigenvalue weighted by atomic mass is 10.1. The number of carbonyl (C=O) groups excluding carboxylic acids is 1. The molecule has 0 aliphatic rings. The molecule has 0 heterocycles. The highest BCUT2D eigenvalue weighted by Crippen LogP contribution is 2.31. The van der Waals surface area contributed by atoms with Gasteiger partial charge in [-0.15, -0.1) is 0 Å². The van der Waals surface area contributed by atoms with Crippen molar-refractivity contribution in [3.05, 3.63) is 42.5 Å². The summed E-state index contributed by atoms with van der Waals surface area (Å²) in [5.41, 5.74) is 0.640. The number of anilines is 1. The van der Waals surface area contributed by atoms with Crippen LogP contribution in [0.2, 0.25) is 0 Å². The van der Waals surface area contributed by atoms with Gasteiger partial charge in [-0.25, -0.2) is 0 Å². The molecule has 0 bridgehead atoms. The number of benzene rings is 2. The first kappa shape index (κ1) is 29.3. The molecule has 0 radical (unpaired) electrons. The minimum Gasteiger partial charge on any atom is -0.493 e. The standard InChI is InChI=1S/C28H42N2O6/c1-4-5-6-7-8-9-14-27(31)30-22-15-16-25(26(21-22)34-3)36-28(32)17-18-29-19-20-35-24-13-11-10-12-23(24)33-2/h10-13,15-16,21,28-29,32H,4-9,14,17-20H2,1-3H3,(H,30,31). The average molecular weight is 503 g/mol. The predicted molar refractivity (Wildman–Crippen MR) is 142 cm³/mol. The van der Waals surface area contributed by atoms with E-state index in [2.05, 4.69) is 17.6 Å². The fourth-order valence-corrected chi connectivity index (χ4v) is 3.66. The highest BCUT2D eigenvalue weighted by atomic mass is 16.6. The number of para-hydroxylation sites is 2. The van der Waals surface area contributed by atoms with E-state index in [1.54, 1.807) is 25.3 Å². The van der Waals surface area contributed by atoms with Crippen molar-refractivity contribution < 1.29 is 28.8 Å². The Morgan fingerprint density at radius 2 is 1.61 bits per heavy atom. The Hall–Kier alpha value is -2.97. The second kappa shape index (κ2) is 17.5. The Balaban J connectivity index is 1.67. The number of ether oxygens (including phenoxy) is 4. The first-order chi connectivity index (χ1) is 17.6. The van der Waals surface area contributed by atoms with Crippen LogP contribution in [0.4, 0.5) is 5.69 Å². The maximum atomic E-state index is 12.2. The molecule has 2 rings (SSSR count). The Kier molecular flexibility index (Phi) is 14.2. The first-order valence-corrected chi connectivity index (χ1v) is 12.9. The van der Waals surface area contributed by atoms with E-state index in [9.17, 15) is 9.90 Å². The number of nitrogens with one attached hydrogen (secondary N) is 2. The van der Waals surface area contributed by atoms with Gasteiger partial charge in [-0.1, -0.05) is 51.2 Å². The normalized spacial score (nSPS) is 11.6. The van der Waals surface area contributed by atoms with Crippen LogP contribution in [-0.4, -0.2) is 51.2 Å². The largest absolute Gasteiger partial charge is 0.493 e. The van der Waals surface area contributed by atoms with Gasteiger partial charge in [-0.2, -0.15) is 0 Å². The molecule has 0 saturated heterocycles. The minimum absolute atomic E-state index is 0.0120. The Bertz CT molecular complexity index is 892. The maximum absolute atomic E-state index is 12.2. The predicted octanol–water partition coefficient (Wildman–Crippen LogP) is 5.15. The van der Waals surface area contributed by atoms with E-state index in [0.29, 0.717) is 61.2 Å². The SMILES string of the molecule is CCCCCCCCC(=O)Nc1ccc(OC(O)CCNCCOc2ccccc2OC)c(OC)c1. The Labute approximate surface area is 215 Å². The summed E-state index contributed by atoms with van der Waals surface area (Å²) in [4.78, 5) is 12.2. The van der Waals surface area contributed by atoms with Crippen LogP contribution in [0, 0.1) is 0 Å². The second-order valence-corrected chi connectivity index (χ2v) is 8.54. The number of hydrogen-bond acceptors (Lipinski definition) is 7. The zero-order chi connectivity index (χ0) is 26.0. The molecule has 8 nitrogen and oxygen atoms in total. The molecule has 0 aromatic heterocycles. The molecule has 1 amide bonds. The molecule has 2 aromatic rings. The summed E-state index contributed by atoms with van der Waals surface area (Å²) >= 11 is 0. The molecule has 200 valence electrons. The summed E-state index contributed by atoms with van der Waals surface area (Å²) in [5.74, 6) is 2.24. The number of rotatable bonds is 19. The molecular formula is C28H42N2O6. The van der Waals surface area contributed by atoms with Crippen molar-refractivity contribution in [3.8, 4) is 23.0 Å². The number of carbonyl (C=O) groups is 1. The van der Waals surface area contributed by atoms with Gasteiger partial charge in [0.2, 0.25) is 5.91 Å². The van der Waals surface area contributed by atoms with Crippen molar-refractivity contribution in [1.29, 1.82) is 0 Å². The van der Waals surface area contributed by atoms with Crippen molar-refractivity contribution in [2.24, 2.45) is 0 Å². The van der Waals surface area contributed by atoms with Crippen molar-refractivity contribution >= 4 is 11.6 Å². The van der Waals surface area contributed by atoms with Gasteiger partial charge < -0.3 is 34.7 Å². The summed E-state index contributed by atoms with van der Waals surface area (Å²) in [7, 11) is 3.14. The summed E-state index contributed by atoms with van der Waals surface area (Å²) in [6, 6.07) is 12.6. The van der Waals surface area contributed by atoms with Crippen LogP contribution in [0.3, 0.4) is 0 Å². The van der Waals surface area contributed by atoms with Crippen LogP contribution < -0.4 is 29.6 Å². The molecule has 0 saturated carbocycles. The van der Waals surface area contributed by atoms with Gasteiger partial charge in [0.05, 0.1) is 14.2 Å². The number of aliphatic hydroxyl groups is 1. The lowest BCUT2D eigenvalue weighted by molar-refractivity contribution is -0.116. The van der Waals surface area contributed by atoms with Crippen molar-refractivity contribution in [1.82, 2.24) is 5.32 Å². The Morgan fingerprint density at radius 3 is 2.36 bits per heavy atom. The number of aliphatic hydroxyl groups excluding tert-OH is 1. The van der Waals surface area contributed by atoms with Crippen LogP contribution in [0.25, 0.3) is 0 Å². The average Bonchev–Trinajstić information content (AvgIpc) is 2.89. The highest BCUT2D eigenvalue weighted by Gasteiger charge is 2.12. The molecule has 1 atom stereocenters. The third kappa shape index (κ3) is 11.2. The molecule has 1 unspecified atom stereocenters. The van der Waals surface area contributed by atoms with E-state index in [1.165, 1.54) is 32.8 Å². The molecule has 0 aliphatic heterocycles. The summed E-state index contributed by atoms with van der Waals surface area (Å²) in [6.45, 7) is 3.82. The summed E-state index contributed by atoms with van der Waals surface area (Å²) in [5, 5.41) is 16.4. The van der Waals surface area contributed by atoms with E-state index in [1.807, 2.05) is 24.3 Å². The van der Waals surface area contributed by atoms with Crippen molar-refractivity contribution in [2.75, 3.05) is 39.2 Å². The molecule has 3 N–H and O–H groups in total. The zero-order valence-corrected chi connectivity index (χ0v) is 21.9. The third-order valence-electron chi connectivity index (χ3n) is 5.64. The zero-order valence-electron chi connectivity index (χ0n) is 21.9. The first-order valence-electron chi connectivity index (χ1n) is 12.9.